The summed E-state index contributed by atoms with van der Waals surface area (Å²) < 4.78 is 17.2. The molecule has 1 N–H and O–H groups in total. The van der Waals surface area contributed by atoms with Crippen molar-refractivity contribution in [3.63, 3.8) is 0 Å². The number of hydrogen-bond acceptors (Lipinski definition) is 6. The van der Waals surface area contributed by atoms with Gasteiger partial charge >= 0.3 is 17.9 Å². The molecule has 0 bridgehead atoms. The van der Waals surface area contributed by atoms with Crippen LogP contribution in [-0.2, 0) is 28.6 Å². The second kappa shape index (κ2) is 37.2. The lowest BCUT2D eigenvalue weighted by atomic mass is 10.0. The molecule has 312 valence electrons. The van der Waals surface area contributed by atoms with Crippen LogP contribution in [-0.4, -0.2) is 80.6 Å². The van der Waals surface area contributed by atoms with E-state index in [1.807, 2.05) is 21.1 Å². The van der Waals surface area contributed by atoms with E-state index in [1.165, 1.54) is 77.0 Å². The number of carboxylic acid groups (broad SMARTS) is 1. The van der Waals surface area contributed by atoms with Crippen molar-refractivity contribution in [2.75, 3.05) is 41.0 Å². The van der Waals surface area contributed by atoms with Crippen molar-refractivity contribution in [2.45, 2.75) is 187 Å². The van der Waals surface area contributed by atoms with E-state index in [2.05, 4.69) is 62.5 Å². The Hall–Kier alpha value is -2.71. The second-order valence-corrected chi connectivity index (χ2v) is 15.5. The minimum absolute atomic E-state index is 0.0479. The van der Waals surface area contributed by atoms with Crippen molar-refractivity contribution in [2.24, 2.45) is 0 Å². The number of esters is 2. The highest BCUT2D eigenvalue weighted by Gasteiger charge is 2.31. The summed E-state index contributed by atoms with van der Waals surface area (Å²) in [5.74, 6) is -1.52. The topological polar surface area (TPSA) is 99.1 Å². The summed E-state index contributed by atoms with van der Waals surface area (Å²) in [5.41, 5.74) is 0. The lowest BCUT2D eigenvalue weighted by Gasteiger charge is -2.31. The molecule has 0 saturated carbocycles. The van der Waals surface area contributed by atoms with E-state index in [9.17, 15) is 19.5 Å². The largest absolute Gasteiger partial charge is 0.477 e. The van der Waals surface area contributed by atoms with Crippen molar-refractivity contribution >= 4 is 17.9 Å². The van der Waals surface area contributed by atoms with Gasteiger partial charge in [-0.1, -0.05) is 140 Å². The van der Waals surface area contributed by atoms with Gasteiger partial charge in [-0.05, 0) is 64.2 Å². The zero-order valence-electron chi connectivity index (χ0n) is 35.4. The van der Waals surface area contributed by atoms with Gasteiger partial charge in [0.15, 0.2) is 12.1 Å². The molecule has 0 saturated heterocycles. The van der Waals surface area contributed by atoms with Crippen molar-refractivity contribution in [1.82, 2.24) is 0 Å². The van der Waals surface area contributed by atoms with Crippen molar-refractivity contribution in [3.8, 4) is 0 Å². The van der Waals surface area contributed by atoms with Gasteiger partial charge in [0.25, 0.3) is 0 Å². The highest BCUT2D eigenvalue weighted by atomic mass is 16.6. The Bertz CT molecular complexity index is 1030. The Morgan fingerprint density at radius 3 is 1.46 bits per heavy atom. The summed E-state index contributed by atoms with van der Waals surface area (Å²) in [7, 11) is 5.51. The van der Waals surface area contributed by atoms with Crippen molar-refractivity contribution in [3.05, 3.63) is 48.6 Å². The molecule has 0 heterocycles. The van der Waals surface area contributed by atoms with E-state index >= 15 is 0 Å². The molecule has 0 aromatic carbocycles. The summed E-state index contributed by atoms with van der Waals surface area (Å²) >= 11 is 0. The third-order valence-electron chi connectivity index (χ3n) is 9.47. The predicted molar refractivity (Wildman–Crippen MR) is 224 cm³/mol. The lowest BCUT2D eigenvalue weighted by Crippen LogP contribution is -2.50. The number of carbonyl (C=O) groups is 3. The summed E-state index contributed by atoms with van der Waals surface area (Å²) in [6, 6.07) is -0.619. The number of quaternary nitrogens is 1. The number of likely N-dealkylation sites (N-methyl/N-ethyl adjacent to an activating group) is 1. The first-order valence-electron chi connectivity index (χ1n) is 21.7. The van der Waals surface area contributed by atoms with Crippen LogP contribution in [0, 0.1) is 0 Å². The van der Waals surface area contributed by atoms with Crippen LogP contribution < -0.4 is 0 Å². The number of ether oxygens (including phenoxy) is 3. The molecule has 0 amide bonds. The molecular formula is C46H82NO7+. The molecule has 8 heteroatoms. The summed E-state index contributed by atoms with van der Waals surface area (Å²) in [5, 5.41) is 9.59. The van der Waals surface area contributed by atoms with Crippen LogP contribution >= 0.6 is 0 Å². The van der Waals surface area contributed by atoms with Gasteiger partial charge in [-0.2, -0.15) is 0 Å². The number of aliphatic carboxylic acids is 1. The number of rotatable bonds is 38. The van der Waals surface area contributed by atoms with Gasteiger partial charge in [0.1, 0.15) is 6.61 Å². The first kappa shape index (κ1) is 51.3. The van der Waals surface area contributed by atoms with Crippen molar-refractivity contribution < 1.29 is 38.2 Å². The highest BCUT2D eigenvalue weighted by Crippen LogP contribution is 2.15. The number of nitrogens with zero attached hydrogens (tertiary/aromatic N) is 1. The lowest BCUT2D eigenvalue weighted by molar-refractivity contribution is -0.887. The Kier molecular flexibility index (Phi) is 35.4. The minimum Gasteiger partial charge on any atom is -0.477 e. The number of carboxylic acids is 1. The number of hydrogen-bond donors (Lipinski definition) is 1. The number of carbonyl (C=O) groups excluding carboxylic acids is 2. The first-order valence-corrected chi connectivity index (χ1v) is 21.7. The monoisotopic (exact) mass is 761 g/mol. The molecule has 8 nitrogen and oxygen atoms in total. The normalized spacial score (nSPS) is 13.4. The molecule has 0 aliphatic heterocycles. The van der Waals surface area contributed by atoms with Gasteiger partial charge in [-0.3, -0.25) is 9.59 Å². The molecular weight excluding hydrogens is 679 g/mol. The van der Waals surface area contributed by atoms with E-state index in [4.69, 9.17) is 14.2 Å². The predicted octanol–water partition coefficient (Wildman–Crippen LogP) is 11.6. The zero-order chi connectivity index (χ0) is 40.0. The SMILES string of the molecule is CC/C=C/C/C=C/CCCCCCCCCCCCCCCCC(=O)OCC(COCCC(C(=O)O)[N+](C)(C)C)OC(=O)CCCC/C=C/C/C=C/CC. The van der Waals surface area contributed by atoms with E-state index in [-0.39, 0.29) is 42.7 Å². The van der Waals surface area contributed by atoms with Gasteiger partial charge in [-0.25, -0.2) is 4.79 Å². The maximum absolute atomic E-state index is 12.6. The van der Waals surface area contributed by atoms with E-state index in [0.717, 1.165) is 57.8 Å². The Labute approximate surface area is 331 Å². The molecule has 0 aromatic rings. The molecule has 0 aliphatic rings. The van der Waals surface area contributed by atoms with E-state index in [1.54, 1.807) is 0 Å². The van der Waals surface area contributed by atoms with Crippen LogP contribution in [0.5, 0.6) is 0 Å². The number of unbranched alkanes of at least 4 members (excludes halogenated alkanes) is 16. The molecule has 0 fully saturated rings. The van der Waals surface area contributed by atoms with Gasteiger partial charge < -0.3 is 23.8 Å². The molecule has 2 unspecified atom stereocenters. The molecule has 0 radical (unpaired) electrons. The minimum atomic E-state index is -0.882. The molecule has 54 heavy (non-hydrogen) atoms. The summed E-state index contributed by atoms with van der Waals surface area (Å²) in [6.45, 7) is 4.47. The third-order valence-corrected chi connectivity index (χ3v) is 9.47. The van der Waals surface area contributed by atoms with Crippen LogP contribution in [0.4, 0.5) is 0 Å². The van der Waals surface area contributed by atoms with Crippen LogP contribution in [0.25, 0.3) is 0 Å². The van der Waals surface area contributed by atoms with Crippen LogP contribution in [0.3, 0.4) is 0 Å². The second-order valence-electron chi connectivity index (χ2n) is 15.5. The van der Waals surface area contributed by atoms with Crippen LogP contribution in [0.15, 0.2) is 48.6 Å². The van der Waals surface area contributed by atoms with Crippen LogP contribution in [0.1, 0.15) is 174 Å². The fourth-order valence-electron chi connectivity index (χ4n) is 6.17. The zero-order valence-corrected chi connectivity index (χ0v) is 35.4. The highest BCUT2D eigenvalue weighted by molar-refractivity contribution is 5.72. The average Bonchev–Trinajstić information content (AvgIpc) is 3.12. The van der Waals surface area contributed by atoms with Gasteiger partial charge in [0, 0.05) is 19.3 Å². The van der Waals surface area contributed by atoms with E-state index < -0.39 is 18.1 Å². The quantitative estimate of drug-likeness (QED) is 0.0289. The molecule has 0 aliphatic carbocycles. The standard InChI is InChI=1S/C46H81NO7/c1-6-8-10-12-14-16-17-18-19-20-21-22-23-24-25-26-27-29-30-32-34-36-44(48)53-41-42(40-52-39-38-43(46(50)51)47(3,4)5)54-45(49)37-35-33-31-28-15-13-11-9-7-2/h8-11,14-16,28,42-43H,6-7,12-13,17-27,29-41H2,1-5H3/p+1/b10-8+,11-9+,16-14+,28-15+. The molecule has 0 spiro atoms. The summed E-state index contributed by atoms with van der Waals surface area (Å²) in [4.78, 5) is 36.8. The maximum Gasteiger partial charge on any atom is 0.362 e. The molecule has 0 aromatic heterocycles. The fraction of sp³-hybridized carbons (Fsp3) is 0.761. The Balaban J connectivity index is 4.20. The maximum atomic E-state index is 12.6. The van der Waals surface area contributed by atoms with Gasteiger partial charge in [0.05, 0.1) is 34.4 Å². The first-order chi connectivity index (χ1) is 26.1. The Morgan fingerprint density at radius 1 is 0.556 bits per heavy atom. The fourth-order valence-corrected chi connectivity index (χ4v) is 6.17. The third kappa shape index (κ3) is 35.0. The Morgan fingerprint density at radius 2 is 0.981 bits per heavy atom. The average molecular weight is 761 g/mol. The number of allylic oxidation sites excluding steroid dienone is 8. The van der Waals surface area contributed by atoms with Gasteiger partial charge in [0.2, 0.25) is 0 Å². The van der Waals surface area contributed by atoms with Crippen molar-refractivity contribution in [1.29, 1.82) is 0 Å². The van der Waals surface area contributed by atoms with Gasteiger partial charge in [-0.15, -0.1) is 0 Å². The van der Waals surface area contributed by atoms with E-state index in [0.29, 0.717) is 19.3 Å². The molecule has 2 atom stereocenters. The molecule has 0 rings (SSSR count). The summed E-state index contributed by atoms with van der Waals surface area (Å²) in [6.07, 6.45) is 43.2. The van der Waals surface area contributed by atoms with Crippen LogP contribution in [0.2, 0.25) is 0 Å². The smallest absolute Gasteiger partial charge is 0.362 e.